The first-order valence-corrected chi connectivity index (χ1v) is 7.58. The van der Waals surface area contributed by atoms with Crippen LogP contribution >= 0.6 is 22.7 Å². The third-order valence-electron chi connectivity index (χ3n) is 3.79. The van der Waals surface area contributed by atoms with Crippen LogP contribution in [0.1, 0.15) is 27.1 Å². The lowest BCUT2D eigenvalue weighted by Gasteiger charge is -2.06. The predicted octanol–water partition coefficient (Wildman–Crippen LogP) is 5.66. The highest BCUT2D eigenvalue weighted by Crippen LogP contribution is 2.42. The Labute approximate surface area is 110 Å². The number of benzene rings is 1. The minimum atomic E-state index is 1.43. The average molecular weight is 260 g/mol. The molecule has 1 aromatic carbocycles. The molecule has 0 nitrogen and oxygen atoms in total. The standard InChI is InChI=1S/C15H16S2/c1-7-6-16-14-10(4)13-8(2)11(5)17-15(13)9(3)12(7)14/h6H,1-5H3. The number of fused-ring (bicyclic) bond motifs is 2. The molecule has 0 aliphatic heterocycles. The van der Waals surface area contributed by atoms with Crippen LogP contribution in [0.5, 0.6) is 0 Å². The summed E-state index contributed by atoms with van der Waals surface area (Å²) in [5.41, 5.74) is 5.84. The van der Waals surface area contributed by atoms with Crippen molar-refractivity contribution in [1.29, 1.82) is 0 Å². The Morgan fingerprint density at radius 1 is 0.765 bits per heavy atom. The molecule has 17 heavy (non-hydrogen) atoms. The van der Waals surface area contributed by atoms with Gasteiger partial charge in [-0.25, -0.2) is 0 Å². The van der Waals surface area contributed by atoms with Crippen molar-refractivity contribution in [2.75, 3.05) is 0 Å². The number of rotatable bonds is 0. The van der Waals surface area contributed by atoms with Crippen LogP contribution in [0.4, 0.5) is 0 Å². The largest absolute Gasteiger partial charge is 0.143 e. The fourth-order valence-electron chi connectivity index (χ4n) is 2.76. The first-order chi connectivity index (χ1) is 8.02. The zero-order valence-electron chi connectivity index (χ0n) is 10.9. The van der Waals surface area contributed by atoms with E-state index in [1.54, 1.807) is 0 Å². The highest BCUT2D eigenvalue weighted by atomic mass is 32.1. The van der Waals surface area contributed by atoms with Crippen molar-refractivity contribution in [2.24, 2.45) is 0 Å². The lowest BCUT2D eigenvalue weighted by atomic mass is 9.99. The lowest BCUT2D eigenvalue weighted by molar-refractivity contribution is 1.45. The molecule has 0 saturated carbocycles. The Morgan fingerprint density at radius 3 is 2.12 bits per heavy atom. The molecule has 0 fully saturated rings. The van der Waals surface area contributed by atoms with E-state index < -0.39 is 0 Å². The van der Waals surface area contributed by atoms with Gasteiger partial charge >= 0.3 is 0 Å². The minimum Gasteiger partial charge on any atom is -0.143 e. The second-order valence-electron chi connectivity index (χ2n) is 4.86. The van der Waals surface area contributed by atoms with Gasteiger partial charge in [0.25, 0.3) is 0 Å². The van der Waals surface area contributed by atoms with E-state index in [-0.39, 0.29) is 0 Å². The SMILES string of the molecule is Cc1sc2c(C)c3c(C)csc3c(C)c2c1C. The molecule has 0 spiro atoms. The normalized spacial score (nSPS) is 11.8. The number of thiophene rings is 2. The Hall–Kier alpha value is -0.860. The van der Waals surface area contributed by atoms with Crippen LogP contribution in [-0.2, 0) is 0 Å². The van der Waals surface area contributed by atoms with Gasteiger partial charge in [0.05, 0.1) is 0 Å². The molecule has 0 saturated heterocycles. The van der Waals surface area contributed by atoms with Crippen molar-refractivity contribution in [3.05, 3.63) is 32.5 Å². The molecule has 0 aliphatic rings. The maximum Gasteiger partial charge on any atom is 0.0387 e. The van der Waals surface area contributed by atoms with E-state index in [9.17, 15) is 0 Å². The number of aryl methyl sites for hydroxylation is 5. The average Bonchev–Trinajstić information content (AvgIpc) is 2.80. The molecule has 0 N–H and O–H groups in total. The summed E-state index contributed by atoms with van der Waals surface area (Å²) < 4.78 is 2.97. The van der Waals surface area contributed by atoms with Crippen molar-refractivity contribution in [2.45, 2.75) is 34.6 Å². The second kappa shape index (κ2) is 3.56. The van der Waals surface area contributed by atoms with Crippen LogP contribution in [0.15, 0.2) is 5.38 Å². The molecule has 2 aromatic heterocycles. The number of hydrogen-bond acceptors (Lipinski definition) is 2. The van der Waals surface area contributed by atoms with Crippen molar-refractivity contribution < 1.29 is 0 Å². The van der Waals surface area contributed by atoms with Gasteiger partial charge in [0.15, 0.2) is 0 Å². The molecular formula is C15H16S2. The maximum atomic E-state index is 2.29. The smallest absolute Gasteiger partial charge is 0.0387 e. The van der Waals surface area contributed by atoms with Crippen LogP contribution in [0.25, 0.3) is 20.2 Å². The van der Waals surface area contributed by atoms with Gasteiger partial charge in [-0.3, -0.25) is 0 Å². The Kier molecular flexibility index (Phi) is 2.36. The molecule has 0 atom stereocenters. The monoisotopic (exact) mass is 260 g/mol. The molecule has 88 valence electrons. The van der Waals surface area contributed by atoms with Crippen LogP contribution in [0.3, 0.4) is 0 Å². The first kappa shape index (κ1) is 11.2. The molecule has 0 bridgehead atoms. The lowest BCUT2D eigenvalue weighted by Crippen LogP contribution is -1.84. The van der Waals surface area contributed by atoms with Crippen molar-refractivity contribution in [3.63, 3.8) is 0 Å². The molecule has 0 radical (unpaired) electrons. The maximum absolute atomic E-state index is 2.29. The van der Waals surface area contributed by atoms with Gasteiger partial charge in [0.1, 0.15) is 0 Å². The van der Waals surface area contributed by atoms with Crippen molar-refractivity contribution >= 4 is 42.8 Å². The van der Waals surface area contributed by atoms with E-state index in [4.69, 9.17) is 0 Å². The third-order valence-corrected chi connectivity index (χ3v) is 6.34. The minimum absolute atomic E-state index is 1.43. The predicted molar refractivity (Wildman–Crippen MR) is 80.9 cm³/mol. The van der Waals surface area contributed by atoms with Gasteiger partial charge in [-0.05, 0) is 67.6 Å². The summed E-state index contributed by atoms with van der Waals surface area (Å²) in [6.07, 6.45) is 0. The molecule has 2 heteroatoms. The third kappa shape index (κ3) is 1.34. The summed E-state index contributed by atoms with van der Waals surface area (Å²) in [7, 11) is 0. The van der Waals surface area contributed by atoms with Crippen molar-refractivity contribution in [1.82, 2.24) is 0 Å². The molecule has 2 heterocycles. The molecule has 3 rings (SSSR count). The summed E-state index contributed by atoms with van der Waals surface area (Å²) in [5, 5.41) is 5.27. The second-order valence-corrected chi connectivity index (χ2v) is 6.96. The van der Waals surface area contributed by atoms with E-state index in [0.717, 1.165) is 0 Å². The zero-order chi connectivity index (χ0) is 12.3. The zero-order valence-corrected chi connectivity index (χ0v) is 12.5. The first-order valence-electron chi connectivity index (χ1n) is 5.89. The fraction of sp³-hybridized carbons (Fsp3) is 0.333. The van der Waals surface area contributed by atoms with Gasteiger partial charge in [-0.15, -0.1) is 22.7 Å². The van der Waals surface area contributed by atoms with E-state index >= 15 is 0 Å². The van der Waals surface area contributed by atoms with E-state index in [2.05, 4.69) is 40.0 Å². The summed E-state index contributed by atoms with van der Waals surface area (Å²) in [6.45, 7) is 11.3. The molecule has 0 unspecified atom stereocenters. The van der Waals surface area contributed by atoms with Crippen LogP contribution < -0.4 is 0 Å². The highest BCUT2D eigenvalue weighted by Gasteiger charge is 2.16. The number of hydrogen-bond donors (Lipinski definition) is 0. The van der Waals surface area contributed by atoms with E-state index in [0.29, 0.717) is 0 Å². The molecule has 0 amide bonds. The van der Waals surface area contributed by atoms with Gasteiger partial charge in [0.2, 0.25) is 0 Å². The van der Waals surface area contributed by atoms with Gasteiger partial charge in [0, 0.05) is 19.7 Å². The van der Waals surface area contributed by atoms with Crippen LogP contribution in [0, 0.1) is 34.6 Å². The Bertz CT molecular complexity index is 742. The van der Waals surface area contributed by atoms with Crippen LogP contribution in [0.2, 0.25) is 0 Å². The molecule has 0 aliphatic carbocycles. The summed E-state index contributed by atoms with van der Waals surface area (Å²) in [4.78, 5) is 1.46. The Balaban J connectivity index is 2.69. The van der Waals surface area contributed by atoms with Gasteiger partial charge < -0.3 is 0 Å². The van der Waals surface area contributed by atoms with Crippen molar-refractivity contribution in [3.8, 4) is 0 Å². The fourth-order valence-corrected chi connectivity index (χ4v) is 5.10. The molecular weight excluding hydrogens is 244 g/mol. The summed E-state index contributed by atoms with van der Waals surface area (Å²) in [5.74, 6) is 0. The van der Waals surface area contributed by atoms with Gasteiger partial charge in [-0.1, -0.05) is 0 Å². The summed E-state index contributed by atoms with van der Waals surface area (Å²) in [6, 6.07) is 0. The van der Waals surface area contributed by atoms with E-state index in [1.165, 1.54) is 47.3 Å². The highest BCUT2D eigenvalue weighted by molar-refractivity contribution is 7.20. The summed E-state index contributed by atoms with van der Waals surface area (Å²) >= 11 is 3.84. The van der Waals surface area contributed by atoms with Gasteiger partial charge in [-0.2, -0.15) is 0 Å². The topological polar surface area (TPSA) is 0 Å². The van der Waals surface area contributed by atoms with Crippen LogP contribution in [-0.4, -0.2) is 0 Å². The molecule has 3 aromatic rings. The van der Waals surface area contributed by atoms with E-state index in [1.807, 2.05) is 22.7 Å². The quantitative estimate of drug-likeness (QED) is 0.489. The Morgan fingerprint density at radius 2 is 1.41 bits per heavy atom.